The lowest BCUT2D eigenvalue weighted by molar-refractivity contribution is -0.130. The first-order chi connectivity index (χ1) is 18.9. The number of amides is 3. The lowest BCUT2D eigenvalue weighted by Crippen LogP contribution is -2.52. The number of aromatic nitrogens is 3. The van der Waals surface area contributed by atoms with Crippen LogP contribution in [0.1, 0.15) is 37.2 Å². The number of thiazole rings is 1. The van der Waals surface area contributed by atoms with Crippen molar-refractivity contribution in [2.75, 3.05) is 33.4 Å². The van der Waals surface area contributed by atoms with E-state index in [9.17, 15) is 14.4 Å². The highest BCUT2D eigenvalue weighted by molar-refractivity contribution is 7.07. The van der Waals surface area contributed by atoms with Gasteiger partial charge in [0.2, 0.25) is 11.8 Å². The Hall–Kier alpha value is -3.93. The highest BCUT2D eigenvalue weighted by atomic mass is 32.1. The fraction of sp³-hybridized carbons (Fsp3) is 0.444. The summed E-state index contributed by atoms with van der Waals surface area (Å²) >= 11 is 1.31. The second-order valence-electron chi connectivity index (χ2n) is 9.55. The Balaban J connectivity index is 1.59. The fourth-order valence-corrected chi connectivity index (χ4v) is 4.87. The van der Waals surface area contributed by atoms with E-state index >= 15 is 0 Å². The van der Waals surface area contributed by atoms with Crippen molar-refractivity contribution >= 4 is 29.1 Å². The van der Waals surface area contributed by atoms with Gasteiger partial charge >= 0.3 is 0 Å². The number of methoxy groups -OCH3 is 1. The molecule has 208 valence electrons. The van der Waals surface area contributed by atoms with Crippen molar-refractivity contribution in [3.05, 3.63) is 47.2 Å². The minimum Gasteiger partial charge on any atom is -0.493 e. The summed E-state index contributed by atoms with van der Waals surface area (Å²) in [7, 11) is 1.58. The summed E-state index contributed by atoms with van der Waals surface area (Å²) < 4.78 is 13.6. The number of hydrogen-bond acceptors (Lipinski definition) is 8. The van der Waals surface area contributed by atoms with Crippen LogP contribution < -0.4 is 20.1 Å². The van der Waals surface area contributed by atoms with E-state index in [-0.39, 0.29) is 43.1 Å². The third-order valence-electron chi connectivity index (χ3n) is 6.38. The van der Waals surface area contributed by atoms with Crippen LogP contribution in [-0.4, -0.2) is 76.5 Å². The average molecular weight is 555 g/mol. The first-order valence-corrected chi connectivity index (χ1v) is 13.9. The van der Waals surface area contributed by atoms with E-state index in [2.05, 4.69) is 20.6 Å². The van der Waals surface area contributed by atoms with Gasteiger partial charge in [0.1, 0.15) is 17.6 Å². The number of aryl methyl sites for hydroxylation is 1. The molecule has 1 aliphatic heterocycles. The molecule has 3 heterocycles. The molecular weight excluding hydrogens is 520 g/mol. The number of nitrogens with zero attached hydrogens (tertiary/aromatic N) is 4. The van der Waals surface area contributed by atoms with Gasteiger partial charge in [-0.2, -0.15) is 0 Å². The number of imidazole rings is 1. The Morgan fingerprint density at radius 2 is 2.05 bits per heavy atom. The lowest BCUT2D eigenvalue weighted by Gasteiger charge is -2.25. The van der Waals surface area contributed by atoms with Crippen molar-refractivity contribution in [2.45, 2.75) is 39.3 Å². The zero-order valence-electron chi connectivity index (χ0n) is 22.4. The third-order valence-corrected chi connectivity index (χ3v) is 6.97. The predicted molar refractivity (Wildman–Crippen MR) is 147 cm³/mol. The Bertz CT molecular complexity index is 1280. The van der Waals surface area contributed by atoms with Gasteiger partial charge in [0.15, 0.2) is 11.5 Å². The highest BCUT2D eigenvalue weighted by Gasteiger charge is 2.27. The van der Waals surface area contributed by atoms with Crippen LogP contribution in [0.5, 0.6) is 11.5 Å². The van der Waals surface area contributed by atoms with E-state index in [4.69, 9.17) is 9.47 Å². The number of ether oxygens (including phenoxy) is 2. The second-order valence-corrected chi connectivity index (χ2v) is 10.3. The topological polar surface area (TPSA) is 128 Å². The normalized spacial score (nSPS) is 17.6. The minimum atomic E-state index is -0.725. The van der Waals surface area contributed by atoms with Gasteiger partial charge in [-0.25, -0.2) is 9.97 Å². The molecule has 39 heavy (non-hydrogen) atoms. The summed E-state index contributed by atoms with van der Waals surface area (Å²) in [5, 5.41) is 7.40. The summed E-state index contributed by atoms with van der Waals surface area (Å²) in [6.07, 6.45) is 4.76. The van der Waals surface area contributed by atoms with Crippen LogP contribution in [0.25, 0.3) is 11.4 Å². The summed E-state index contributed by atoms with van der Waals surface area (Å²) in [6, 6.07) is 4.91. The summed E-state index contributed by atoms with van der Waals surface area (Å²) in [5.41, 5.74) is 2.72. The standard InChI is InChI=1S/C27H34N6O5S/c1-18(2)24-26(35)29-8-4-10-32-12-9-28-25(32)19-6-7-21(37-3)22(14-19)38-13-5-11-33(15-23(34)31-24)27(36)20-16-39-17-30-20/h6-7,9,12,14,16-18,24H,4-5,8,10-11,13,15H2,1-3H3,(H,29,35)(H,31,34)/t24-/m1/s1. The summed E-state index contributed by atoms with van der Waals surface area (Å²) in [5.74, 6) is 0.759. The van der Waals surface area contributed by atoms with Crippen molar-refractivity contribution in [3.63, 3.8) is 0 Å². The molecule has 0 saturated carbocycles. The van der Waals surface area contributed by atoms with Crippen LogP contribution in [0.2, 0.25) is 0 Å². The largest absolute Gasteiger partial charge is 0.493 e. The van der Waals surface area contributed by atoms with Crippen LogP contribution in [0.15, 0.2) is 41.5 Å². The molecule has 3 aromatic rings. The SMILES string of the molecule is COc1ccc2cc1OCCCN(C(=O)c1cscn1)CC(=O)N[C@H](C(C)C)C(=O)NCCCn1ccnc1-2. The van der Waals surface area contributed by atoms with Gasteiger partial charge in [0, 0.05) is 43.0 Å². The van der Waals surface area contributed by atoms with Crippen molar-refractivity contribution in [1.29, 1.82) is 0 Å². The van der Waals surface area contributed by atoms with Crippen LogP contribution in [0.3, 0.4) is 0 Å². The fourth-order valence-electron chi connectivity index (χ4n) is 4.35. The van der Waals surface area contributed by atoms with Gasteiger partial charge in [0.05, 0.1) is 25.8 Å². The van der Waals surface area contributed by atoms with E-state index in [1.165, 1.54) is 16.2 Å². The zero-order chi connectivity index (χ0) is 27.8. The molecule has 11 nitrogen and oxygen atoms in total. The Labute approximate surface area is 231 Å². The van der Waals surface area contributed by atoms with Gasteiger partial charge < -0.3 is 29.6 Å². The maximum absolute atomic E-state index is 13.1. The molecule has 0 fully saturated rings. The molecule has 0 radical (unpaired) electrons. The van der Waals surface area contributed by atoms with Crippen molar-refractivity contribution in [3.8, 4) is 22.9 Å². The number of rotatable bonds is 3. The highest BCUT2D eigenvalue weighted by Crippen LogP contribution is 2.32. The van der Waals surface area contributed by atoms with E-state index in [0.29, 0.717) is 37.4 Å². The monoisotopic (exact) mass is 554 g/mol. The van der Waals surface area contributed by atoms with Crippen molar-refractivity contribution < 1.29 is 23.9 Å². The van der Waals surface area contributed by atoms with Crippen LogP contribution >= 0.6 is 11.3 Å². The van der Waals surface area contributed by atoms with Crippen LogP contribution in [0, 0.1) is 5.92 Å². The van der Waals surface area contributed by atoms with E-state index in [1.54, 1.807) is 24.2 Å². The number of carbonyl (C=O) groups is 3. The molecule has 0 spiro atoms. The van der Waals surface area contributed by atoms with Gasteiger partial charge in [-0.15, -0.1) is 11.3 Å². The van der Waals surface area contributed by atoms with E-state index in [0.717, 1.165) is 11.4 Å². The van der Waals surface area contributed by atoms with E-state index < -0.39 is 11.9 Å². The Kier molecular flexibility index (Phi) is 9.53. The number of nitrogens with one attached hydrogen (secondary N) is 2. The van der Waals surface area contributed by atoms with Gasteiger partial charge in [0.25, 0.3) is 5.91 Å². The van der Waals surface area contributed by atoms with Crippen molar-refractivity contribution in [2.24, 2.45) is 5.92 Å². The molecule has 12 heteroatoms. The number of fused-ring (bicyclic) bond motifs is 4. The quantitative estimate of drug-likeness (QED) is 0.509. The predicted octanol–water partition coefficient (Wildman–Crippen LogP) is 2.59. The van der Waals surface area contributed by atoms with Gasteiger partial charge in [-0.05, 0) is 37.0 Å². The molecule has 1 aromatic carbocycles. The summed E-state index contributed by atoms with van der Waals surface area (Å²) in [6.45, 7) is 5.16. The average Bonchev–Trinajstić information content (AvgIpc) is 3.63. The van der Waals surface area contributed by atoms with Crippen LogP contribution in [0.4, 0.5) is 0 Å². The second kappa shape index (κ2) is 13.2. The third kappa shape index (κ3) is 7.14. The summed E-state index contributed by atoms with van der Waals surface area (Å²) in [4.78, 5) is 49.2. The van der Waals surface area contributed by atoms with Crippen LogP contribution in [-0.2, 0) is 16.1 Å². The lowest BCUT2D eigenvalue weighted by atomic mass is 10.0. The molecule has 0 unspecified atom stereocenters. The van der Waals surface area contributed by atoms with Gasteiger partial charge in [-0.1, -0.05) is 13.8 Å². The molecule has 0 aliphatic carbocycles. The molecule has 3 amide bonds. The number of carbonyl (C=O) groups excluding carboxylic acids is 3. The zero-order valence-corrected chi connectivity index (χ0v) is 23.2. The number of hydrogen-bond donors (Lipinski definition) is 2. The first kappa shape index (κ1) is 28.1. The Morgan fingerprint density at radius 3 is 2.79 bits per heavy atom. The van der Waals surface area contributed by atoms with Gasteiger partial charge in [-0.3, -0.25) is 14.4 Å². The smallest absolute Gasteiger partial charge is 0.273 e. The maximum atomic E-state index is 13.1. The molecule has 2 bridgehead atoms. The molecule has 2 aromatic heterocycles. The maximum Gasteiger partial charge on any atom is 0.273 e. The Morgan fingerprint density at radius 1 is 1.21 bits per heavy atom. The minimum absolute atomic E-state index is 0.138. The molecule has 1 atom stereocenters. The molecular formula is C27H34N6O5S. The molecule has 1 aliphatic rings. The van der Waals surface area contributed by atoms with E-state index in [1.807, 2.05) is 42.8 Å². The molecule has 4 rings (SSSR count). The van der Waals surface area contributed by atoms with Crippen molar-refractivity contribution in [1.82, 2.24) is 30.1 Å². The molecule has 0 saturated heterocycles. The number of benzene rings is 1. The first-order valence-electron chi connectivity index (χ1n) is 12.9. The molecule has 2 N–H and O–H groups in total.